The second kappa shape index (κ2) is 6.00. The highest BCUT2D eigenvalue weighted by atomic mass is 16.2. The number of carbonyl (C=O) groups excluding carboxylic acids is 2. The third kappa shape index (κ3) is 2.59. The highest BCUT2D eigenvalue weighted by Crippen LogP contribution is 2.32. The lowest BCUT2D eigenvalue weighted by molar-refractivity contribution is -0.131. The van der Waals surface area contributed by atoms with Crippen LogP contribution in [0.2, 0.25) is 0 Å². The van der Waals surface area contributed by atoms with Gasteiger partial charge in [-0.2, -0.15) is 5.10 Å². The van der Waals surface area contributed by atoms with Crippen LogP contribution in [0.4, 0.5) is 4.79 Å². The van der Waals surface area contributed by atoms with Gasteiger partial charge in [-0.3, -0.25) is 9.78 Å². The Morgan fingerprint density at radius 1 is 1.17 bits per heavy atom. The average molecular weight is 308 g/mol. The van der Waals surface area contributed by atoms with Gasteiger partial charge in [0.05, 0.1) is 11.9 Å². The van der Waals surface area contributed by atoms with Gasteiger partial charge in [-0.15, -0.1) is 5.01 Å². The van der Waals surface area contributed by atoms with Crippen LogP contribution < -0.4 is 5.32 Å². The van der Waals surface area contributed by atoms with Gasteiger partial charge in [0.2, 0.25) is 0 Å². The maximum Gasteiger partial charge on any atom is 0.346 e. The van der Waals surface area contributed by atoms with Crippen molar-refractivity contribution in [2.75, 3.05) is 0 Å². The first-order chi connectivity index (χ1) is 11.2. The Morgan fingerprint density at radius 3 is 2.57 bits per heavy atom. The predicted molar refractivity (Wildman–Crippen MR) is 85.6 cm³/mol. The van der Waals surface area contributed by atoms with E-state index >= 15 is 0 Å². The van der Waals surface area contributed by atoms with E-state index in [9.17, 15) is 9.59 Å². The highest BCUT2D eigenvalue weighted by molar-refractivity contribution is 6.07. The summed E-state index contributed by atoms with van der Waals surface area (Å²) in [4.78, 5) is 29.1. The van der Waals surface area contributed by atoms with Gasteiger partial charge in [0, 0.05) is 6.20 Å². The molecular formula is C17H16N4O2. The first-order valence-corrected chi connectivity index (χ1v) is 7.34. The normalized spacial score (nSPS) is 21.0. The Kier molecular flexibility index (Phi) is 3.89. The summed E-state index contributed by atoms with van der Waals surface area (Å²) >= 11 is 0. The summed E-state index contributed by atoms with van der Waals surface area (Å²) < 4.78 is 0. The van der Waals surface area contributed by atoms with Crippen molar-refractivity contribution in [3.8, 4) is 0 Å². The van der Waals surface area contributed by atoms with E-state index in [-0.39, 0.29) is 5.91 Å². The molecule has 23 heavy (non-hydrogen) atoms. The zero-order valence-corrected chi connectivity index (χ0v) is 12.6. The molecule has 116 valence electrons. The minimum absolute atomic E-state index is 0.386. The first-order valence-electron chi connectivity index (χ1n) is 7.34. The molecule has 3 rings (SSSR count). The molecule has 0 bridgehead atoms. The molecule has 1 atom stereocenters. The van der Waals surface area contributed by atoms with E-state index < -0.39 is 11.6 Å². The zero-order chi connectivity index (χ0) is 16.3. The number of hydrogen-bond acceptors (Lipinski definition) is 4. The molecule has 0 spiro atoms. The molecule has 1 aliphatic rings. The average Bonchev–Trinajstić information content (AvgIpc) is 2.86. The number of aromatic nitrogens is 1. The topological polar surface area (TPSA) is 74.7 Å². The molecule has 1 fully saturated rings. The van der Waals surface area contributed by atoms with Gasteiger partial charge in [-0.25, -0.2) is 4.79 Å². The number of urea groups is 1. The van der Waals surface area contributed by atoms with Crippen molar-refractivity contribution in [3.63, 3.8) is 0 Å². The molecule has 1 aromatic heterocycles. The molecule has 1 aliphatic heterocycles. The molecule has 0 radical (unpaired) electrons. The van der Waals surface area contributed by atoms with Crippen molar-refractivity contribution >= 4 is 18.2 Å². The fourth-order valence-corrected chi connectivity index (χ4v) is 2.60. The minimum Gasteiger partial charge on any atom is -0.318 e. The van der Waals surface area contributed by atoms with Crippen LogP contribution in [0, 0.1) is 0 Å². The Balaban J connectivity index is 1.92. The molecule has 0 aliphatic carbocycles. The predicted octanol–water partition coefficient (Wildman–Crippen LogP) is 2.27. The number of benzene rings is 1. The van der Waals surface area contributed by atoms with E-state index in [1.807, 2.05) is 37.3 Å². The monoisotopic (exact) mass is 308 g/mol. The summed E-state index contributed by atoms with van der Waals surface area (Å²) in [6.45, 7) is 1.86. The van der Waals surface area contributed by atoms with Gasteiger partial charge < -0.3 is 5.32 Å². The second-order valence-electron chi connectivity index (χ2n) is 5.17. The Hall–Kier alpha value is -3.02. The standard InChI is InChI=1S/C17H16N4O2/c1-2-17(13-8-4-3-5-9-13)15(22)21(16(23)20-17)19-12-14-10-6-7-11-18-14/h3-12H,2H2,1H3,(H,20,23)/b19-12-/t17-/m1/s1. The third-order valence-electron chi connectivity index (χ3n) is 3.86. The maximum absolute atomic E-state index is 12.8. The molecule has 1 aromatic carbocycles. The van der Waals surface area contributed by atoms with Crippen molar-refractivity contribution in [1.82, 2.24) is 15.3 Å². The second-order valence-corrected chi connectivity index (χ2v) is 5.17. The van der Waals surface area contributed by atoms with Gasteiger partial charge >= 0.3 is 6.03 Å². The van der Waals surface area contributed by atoms with E-state index in [0.29, 0.717) is 12.1 Å². The first kappa shape index (κ1) is 14.9. The van der Waals surface area contributed by atoms with Crippen molar-refractivity contribution in [2.45, 2.75) is 18.9 Å². The Bertz CT molecular complexity index is 746. The summed E-state index contributed by atoms with van der Waals surface area (Å²) in [7, 11) is 0. The fraction of sp³-hybridized carbons (Fsp3) is 0.176. The van der Waals surface area contributed by atoms with E-state index in [2.05, 4.69) is 15.4 Å². The van der Waals surface area contributed by atoms with Crippen LogP contribution in [0.3, 0.4) is 0 Å². The molecule has 6 nitrogen and oxygen atoms in total. The largest absolute Gasteiger partial charge is 0.346 e. The SMILES string of the molecule is CC[C@]1(c2ccccc2)NC(=O)N(/N=C\c2ccccn2)C1=O. The molecule has 1 saturated heterocycles. The maximum atomic E-state index is 12.8. The molecule has 6 heteroatoms. The number of rotatable bonds is 4. The van der Waals surface area contributed by atoms with Crippen LogP contribution in [0.15, 0.2) is 59.8 Å². The zero-order valence-electron chi connectivity index (χ0n) is 12.6. The molecular weight excluding hydrogens is 292 g/mol. The lowest BCUT2D eigenvalue weighted by Crippen LogP contribution is -2.43. The summed E-state index contributed by atoms with van der Waals surface area (Å²) in [5.41, 5.74) is 0.248. The van der Waals surface area contributed by atoms with Crippen LogP contribution in [0.1, 0.15) is 24.6 Å². The highest BCUT2D eigenvalue weighted by Gasteiger charge is 2.51. The van der Waals surface area contributed by atoms with Crippen LogP contribution in [0.25, 0.3) is 0 Å². The van der Waals surface area contributed by atoms with Crippen LogP contribution in [-0.4, -0.2) is 28.1 Å². The molecule has 0 unspecified atom stereocenters. The van der Waals surface area contributed by atoms with Gasteiger partial charge in [-0.05, 0) is 24.1 Å². The van der Waals surface area contributed by atoms with E-state index in [1.165, 1.54) is 6.21 Å². The smallest absolute Gasteiger partial charge is 0.318 e. The van der Waals surface area contributed by atoms with Crippen molar-refractivity contribution in [3.05, 3.63) is 66.0 Å². The van der Waals surface area contributed by atoms with Crippen molar-refractivity contribution in [2.24, 2.45) is 5.10 Å². The number of imide groups is 1. The van der Waals surface area contributed by atoms with Crippen LogP contribution >= 0.6 is 0 Å². The number of pyridine rings is 1. The lowest BCUT2D eigenvalue weighted by atomic mass is 9.87. The fourth-order valence-electron chi connectivity index (χ4n) is 2.60. The number of hydrogen-bond donors (Lipinski definition) is 1. The van der Waals surface area contributed by atoms with E-state index in [0.717, 1.165) is 10.6 Å². The summed E-state index contributed by atoms with van der Waals surface area (Å²) in [5, 5.41) is 7.65. The number of carbonyl (C=O) groups is 2. The van der Waals surface area contributed by atoms with Gasteiger partial charge in [0.15, 0.2) is 0 Å². The summed E-state index contributed by atoms with van der Waals surface area (Å²) in [5.74, 6) is -0.386. The quantitative estimate of drug-likeness (QED) is 0.695. The molecule has 0 saturated carbocycles. The summed E-state index contributed by atoms with van der Waals surface area (Å²) in [6, 6.07) is 14.0. The Labute approximate surface area is 133 Å². The number of nitrogens with one attached hydrogen (secondary N) is 1. The number of amides is 3. The molecule has 2 aromatic rings. The Morgan fingerprint density at radius 2 is 1.91 bits per heavy atom. The molecule has 2 heterocycles. The van der Waals surface area contributed by atoms with Crippen molar-refractivity contribution in [1.29, 1.82) is 0 Å². The van der Waals surface area contributed by atoms with Crippen LogP contribution in [-0.2, 0) is 10.3 Å². The third-order valence-corrected chi connectivity index (χ3v) is 3.86. The van der Waals surface area contributed by atoms with Crippen LogP contribution in [0.5, 0.6) is 0 Å². The number of nitrogens with zero attached hydrogens (tertiary/aromatic N) is 3. The summed E-state index contributed by atoms with van der Waals surface area (Å²) in [6.07, 6.45) is 3.46. The molecule has 1 N–H and O–H groups in total. The molecule has 3 amide bonds. The minimum atomic E-state index is -1.07. The lowest BCUT2D eigenvalue weighted by Gasteiger charge is -2.24. The van der Waals surface area contributed by atoms with Gasteiger partial charge in [0.1, 0.15) is 5.54 Å². The number of hydrazone groups is 1. The van der Waals surface area contributed by atoms with E-state index in [1.54, 1.807) is 24.4 Å². The van der Waals surface area contributed by atoms with Crippen molar-refractivity contribution < 1.29 is 9.59 Å². The van der Waals surface area contributed by atoms with Gasteiger partial charge in [-0.1, -0.05) is 43.3 Å². The van der Waals surface area contributed by atoms with E-state index in [4.69, 9.17) is 0 Å². The van der Waals surface area contributed by atoms with Gasteiger partial charge in [0.25, 0.3) is 5.91 Å².